The Morgan fingerprint density at radius 1 is 1.39 bits per heavy atom. The van der Waals surface area contributed by atoms with Gasteiger partial charge in [0.2, 0.25) is 0 Å². The largest absolute Gasteiger partial charge is 0.493 e. The SMILES string of the molecule is CCOc1ccccc1C(=O)N[C@H](C)[C@@H](C)CO. The zero-order chi connectivity index (χ0) is 13.5. The Kier molecular flexibility index (Phi) is 5.65. The number of hydrogen-bond donors (Lipinski definition) is 2. The fourth-order valence-electron chi connectivity index (χ4n) is 1.52. The van der Waals surface area contributed by atoms with Crippen molar-refractivity contribution in [3.63, 3.8) is 0 Å². The molecule has 4 nitrogen and oxygen atoms in total. The number of benzene rings is 1. The minimum atomic E-state index is -0.174. The summed E-state index contributed by atoms with van der Waals surface area (Å²) in [5.74, 6) is 0.432. The molecule has 0 unspecified atom stereocenters. The Morgan fingerprint density at radius 3 is 2.67 bits per heavy atom. The average molecular weight is 251 g/mol. The first kappa shape index (κ1) is 14.5. The minimum Gasteiger partial charge on any atom is -0.493 e. The van der Waals surface area contributed by atoms with Crippen LogP contribution in [0.1, 0.15) is 31.1 Å². The molecule has 1 rings (SSSR count). The van der Waals surface area contributed by atoms with Crippen molar-refractivity contribution in [2.45, 2.75) is 26.8 Å². The van der Waals surface area contributed by atoms with Crippen LogP contribution in [0, 0.1) is 5.92 Å². The predicted octanol–water partition coefficient (Wildman–Crippen LogP) is 1.83. The first-order chi connectivity index (χ1) is 8.60. The Hall–Kier alpha value is -1.55. The van der Waals surface area contributed by atoms with Gasteiger partial charge in [0.1, 0.15) is 5.75 Å². The number of aliphatic hydroxyl groups excluding tert-OH is 1. The molecule has 100 valence electrons. The van der Waals surface area contributed by atoms with E-state index in [0.29, 0.717) is 17.9 Å². The summed E-state index contributed by atoms with van der Waals surface area (Å²) in [7, 11) is 0. The lowest BCUT2D eigenvalue weighted by molar-refractivity contribution is 0.0912. The number of ether oxygens (including phenoxy) is 1. The summed E-state index contributed by atoms with van der Waals surface area (Å²) in [6.45, 7) is 6.22. The van der Waals surface area contributed by atoms with Gasteiger partial charge in [-0.15, -0.1) is 0 Å². The van der Waals surface area contributed by atoms with E-state index in [4.69, 9.17) is 9.84 Å². The molecule has 1 aromatic rings. The molecule has 0 aliphatic heterocycles. The Morgan fingerprint density at radius 2 is 2.06 bits per heavy atom. The highest BCUT2D eigenvalue weighted by atomic mass is 16.5. The van der Waals surface area contributed by atoms with Crippen LogP contribution in [0.15, 0.2) is 24.3 Å². The first-order valence-electron chi connectivity index (χ1n) is 6.23. The molecule has 0 heterocycles. The molecule has 0 fully saturated rings. The van der Waals surface area contributed by atoms with Gasteiger partial charge in [-0.2, -0.15) is 0 Å². The van der Waals surface area contributed by atoms with E-state index in [1.54, 1.807) is 18.2 Å². The summed E-state index contributed by atoms with van der Waals surface area (Å²) in [5.41, 5.74) is 0.524. The Balaban J connectivity index is 2.77. The molecule has 0 saturated heterocycles. The quantitative estimate of drug-likeness (QED) is 0.811. The van der Waals surface area contributed by atoms with Gasteiger partial charge in [-0.1, -0.05) is 19.1 Å². The summed E-state index contributed by atoms with van der Waals surface area (Å²) >= 11 is 0. The van der Waals surface area contributed by atoms with Gasteiger partial charge in [0.05, 0.1) is 12.2 Å². The lowest BCUT2D eigenvalue weighted by Crippen LogP contribution is -2.38. The van der Waals surface area contributed by atoms with Crippen LogP contribution in [0.25, 0.3) is 0 Å². The molecule has 0 radical (unpaired) electrons. The maximum atomic E-state index is 12.1. The summed E-state index contributed by atoms with van der Waals surface area (Å²) in [6, 6.07) is 7.06. The van der Waals surface area contributed by atoms with E-state index >= 15 is 0 Å². The molecule has 18 heavy (non-hydrogen) atoms. The van der Waals surface area contributed by atoms with Crippen LogP contribution in [0.3, 0.4) is 0 Å². The summed E-state index contributed by atoms with van der Waals surface area (Å²) in [5, 5.41) is 11.9. The van der Waals surface area contributed by atoms with Gasteiger partial charge in [0.25, 0.3) is 5.91 Å². The smallest absolute Gasteiger partial charge is 0.255 e. The zero-order valence-electron chi connectivity index (χ0n) is 11.1. The second-order valence-corrected chi connectivity index (χ2v) is 4.35. The molecule has 1 aromatic carbocycles. The maximum absolute atomic E-state index is 12.1. The number of para-hydroxylation sites is 1. The van der Waals surface area contributed by atoms with Crippen LogP contribution >= 0.6 is 0 Å². The van der Waals surface area contributed by atoms with E-state index in [1.165, 1.54) is 0 Å². The van der Waals surface area contributed by atoms with Crippen molar-refractivity contribution in [1.29, 1.82) is 0 Å². The van der Waals surface area contributed by atoms with Crippen molar-refractivity contribution in [3.8, 4) is 5.75 Å². The first-order valence-corrected chi connectivity index (χ1v) is 6.23. The lowest BCUT2D eigenvalue weighted by atomic mass is 10.0. The molecule has 0 saturated carbocycles. The van der Waals surface area contributed by atoms with Gasteiger partial charge in [0, 0.05) is 12.6 Å². The molecule has 0 aromatic heterocycles. The van der Waals surface area contributed by atoms with Crippen LogP contribution < -0.4 is 10.1 Å². The summed E-state index contributed by atoms with van der Waals surface area (Å²) < 4.78 is 5.42. The van der Waals surface area contributed by atoms with Crippen LogP contribution in [0.2, 0.25) is 0 Å². The predicted molar refractivity (Wildman–Crippen MR) is 70.8 cm³/mol. The van der Waals surface area contributed by atoms with Crippen LogP contribution in [0.5, 0.6) is 5.75 Å². The summed E-state index contributed by atoms with van der Waals surface area (Å²) in [6.07, 6.45) is 0. The van der Waals surface area contributed by atoms with Gasteiger partial charge in [-0.25, -0.2) is 0 Å². The van der Waals surface area contributed by atoms with Crippen molar-refractivity contribution < 1.29 is 14.6 Å². The van der Waals surface area contributed by atoms with E-state index < -0.39 is 0 Å². The fourth-order valence-corrected chi connectivity index (χ4v) is 1.52. The second-order valence-electron chi connectivity index (χ2n) is 4.35. The molecule has 4 heteroatoms. The van der Waals surface area contributed by atoms with E-state index in [9.17, 15) is 4.79 Å². The van der Waals surface area contributed by atoms with E-state index in [-0.39, 0.29) is 24.5 Å². The normalized spacial score (nSPS) is 13.8. The van der Waals surface area contributed by atoms with Crippen LogP contribution in [0.4, 0.5) is 0 Å². The molecular weight excluding hydrogens is 230 g/mol. The van der Waals surface area contributed by atoms with Crippen molar-refractivity contribution in [3.05, 3.63) is 29.8 Å². The lowest BCUT2D eigenvalue weighted by Gasteiger charge is -2.20. The second kappa shape index (κ2) is 7.01. The highest BCUT2D eigenvalue weighted by Gasteiger charge is 2.17. The van der Waals surface area contributed by atoms with Crippen LogP contribution in [-0.2, 0) is 0 Å². The Labute approximate surface area is 108 Å². The molecule has 1 amide bonds. The highest BCUT2D eigenvalue weighted by molar-refractivity contribution is 5.97. The average Bonchev–Trinajstić information content (AvgIpc) is 2.38. The van der Waals surface area contributed by atoms with Crippen molar-refractivity contribution in [2.75, 3.05) is 13.2 Å². The van der Waals surface area contributed by atoms with Crippen molar-refractivity contribution in [2.24, 2.45) is 5.92 Å². The molecular formula is C14H21NO3. The number of hydrogen-bond acceptors (Lipinski definition) is 3. The maximum Gasteiger partial charge on any atom is 0.255 e. The molecule has 0 spiro atoms. The number of aliphatic hydroxyl groups is 1. The van der Waals surface area contributed by atoms with E-state index in [2.05, 4.69) is 5.32 Å². The summed E-state index contributed by atoms with van der Waals surface area (Å²) in [4.78, 5) is 12.1. The monoisotopic (exact) mass is 251 g/mol. The van der Waals surface area contributed by atoms with E-state index in [0.717, 1.165) is 0 Å². The number of carbonyl (C=O) groups excluding carboxylic acids is 1. The third-order valence-electron chi connectivity index (χ3n) is 2.93. The zero-order valence-corrected chi connectivity index (χ0v) is 11.1. The molecule has 0 bridgehead atoms. The topological polar surface area (TPSA) is 58.6 Å². The number of nitrogens with one attached hydrogen (secondary N) is 1. The third-order valence-corrected chi connectivity index (χ3v) is 2.93. The van der Waals surface area contributed by atoms with Crippen LogP contribution in [-0.4, -0.2) is 30.3 Å². The Bertz CT molecular complexity index is 392. The van der Waals surface area contributed by atoms with Gasteiger partial charge in [0.15, 0.2) is 0 Å². The van der Waals surface area contributed by atoms with Gasteiger partial charge in [-0.05, 0) is 31.9 Å². The van der Waals surface area contributed by atoms with Gasteiger partial charge >= 0.3 is 0 Å². The standard InChI is InChI=1S/C14H21NO3/c1-4-18-13-8-6-5-7-12(13)14(17)15-11(3)10(2)9-16/h5-8,10-11,16H,4,9H2,1-3H3,(H,15,17)/t10-,11+/m0/s1. The third kappa shape index (κ3) is 3.74. The number of carbonyl (C=O) groups is 1. The number of rotatable bonds is 6. The minimum absolute atomic E-state index is 0.0215. The molecule has 0 aliphatic carbocycles. The molecule has 2 atom stereocenters. The van der Waals surface area contributed by atoms with Gasteiger partial charge < -0.3 is 15.2 Å². The highest BCUT2D eigenvalue weighted by Crippen LogP contribution is 2.18. The van der Waals surface area contributed by atoms with Crippen molar-refractivity contribution in [1.82, 2.24) is 5.32 Å². The van der Waals surface area contributed by atoms with Gasteiger partial charge in [-0.3, -0.25) is 4.79 Å². The van der Waals surface area contributed by atoms with Crippen molar-refractivity contribution >= 4 is 5.91 Å². The molecule has 0 aliphatic rings. The molecule has 2 N–H and O–H groups in total. The fraction of sp³-hybridized carbons (Fsp3) is 0.500. The number of amides is 1. The van der Waals surface area contributed by atoms with E-state index in [1.807, 2.05) is 26.8 Å².